The Morgan fingerprint density at radius 1 is 1.27 bits per heavy atom. The van der Waals surface area contributed by atoms with Crippen molar-refractivity contribution in [3.8, 4) is 0 Å². The van der Waals surface area contributed by atoms with E-state index in [1.807, 2.05) is 0 Å². The molecule has 0 radical (unpaired) electrons. The topological polar surface area (TPSA) is 4.36 Å². The molecule has 0 atom stereocenters. The van der Waals surface area contributed by atoms with Gasteiger partial charge in [0, 0.05) is 0 Å². The molecule has 0 N–H and O–H groups in total. The van der Waals surface area contributed by atoms with Crippen LogP contribution >= 0.6 is 0 Å². The predicted molar refractivity (Wildman–Crippen MR) is 37.4 cm³/mol. The normalized spacial score (nSPS) is 9.27. The maximum absolute atomic E-state index is 12.7. The third kappa shape index (κ3) is 1.35. The first-order chi connectivity index (χ1) is 5.15. The molecule has 0 aliphatic carbocycles. The van der Waals surface area contributed by atoms with Crippen molar-refractivity contribution in [1.29, 1.82) is 0 Å². The van der Waals surface area contributed by atoms with Crippen LogP contribution in [0.15, 0.2) is 12.1 Å². The van der Waals surface area contributed by atoms with Gasteiger partial charge in [-0.15, -0.1) is 0 Å². The van der Waals surface area contributed by atoms with Gasteiger partial charge in [-0.2, -0.15) is 0 Å². The van der Waals surface area contributed by atoms with Crippen LogP contribution in [0.4, 0.5) is 14.5 Å². The maximum Gasteiger partial charge on any atom is 0.256 e. The highest BCUT2D eigenvalue weighted by Gasteiger charge is 2.08. The van der Waals surface area contributed by atoms with Crippen molar-refractivity contribution in [3.63, 3.8) is 0 Å². The molecule has 11 heavy (non-hydrogen) atoms. The minimum atomic E-state index is -0.794. The Kier molecular flexibility index (Phi) is 1.86. The summed E-state index contributed by atoms with van der Waals surface area (Å²) in [5, 5.41) is 0. The molecule has 0 heterocycles. The Hall–Kier alpha value is -1.43. The van der Waals surface area contributed by atoms with Crippen LogP contribution in [0, 0.1) is 25.1 Å². The van der Waals surface area contributed by atoms with Crippen LogP contribution in [0.25, 0.3) is 4.85 Å². The monoisotopic (exact) mass is 153 g/mol. The number of benzene rings is 1. The predicted octanol–water partition coefficient (Wildman–Crippen LogP) is 2.82. The van der Waals surface area contributed by atoms with Crippen molar-refractivity contribution in [2.24, 2.45) is 0 Å². The molecular formula is C8H5F2N. The molecular weight excluding hydrogens is 148 g/mol. The Balaban J connectivity index is 3.40. The Labute approximate surface area is 63.1 Å². The van der Waals surface area contributed by atoms with Crippen molar-refractivity contribution in [2.45, 2.75) is 6.92 Å². The van der Waals surface area contributed by atoms with Crippen LogP contribution in [-0.2, 0) is 0 Å². The first-order valence-corrected chi connectivity index (χ1v) is 2.98. The number of hydrogen-bond donors (Lipinski definition) is 0. The molecule has 0 amide bonds. The third-order valence-corrected chi connectivity index (χ3v) is 1.27. The number of nitrogens with zero attached hydrogens (tertiary/aromatic N) is 1. The summed E-state index contributed by atoms with van der Waals surface area (Å²) in [4.78, 5) is 2.71. The highest BCUT2D eigenvalue weighted by Crippen LogP contribution is 2.22. The van der Waals surface area contributed by atoms with E-state index in [2.05, 4.69) is 4.85 Å². The van der Waals surface area contributed by atoms with Gasteiger partial charge in [0.2, 0.25) is 0 Å². The molecule has 0 aliphatic heterocycles. The largest absolute Gasteiger partial charge is 0.256 e. The zero-order chi connectivity index (χ0) is 8.43. The lowest BCUT2D eigenvalue weighted by molar-refractivity contribution is 0.592. The number of hydrogen-bond acceptors (Lipinski definition) is 0. The van der Waals surface area contributed by atoms with Crippen molar-refractivity contribution in [3.05, 3.63) is 40.7 Å². The lowest BCUT2D eigenvalue weighted by Gasteiger charge is -1.96. The summed E-state index contributed by atoms with van der Waals surface area (Å²) < 4.78 is 25.3. The molecule has 1 rings (SSSR count). The molecule has 0 saturated heterocycles. The highest BCUT2D eigenvalue weighted by atomic mass is 19.1. The summed E-state index contributed by atoms with van der Waals surface area (Å²) in [6, 6.07) is 2.27. The first-order valence-electron chi connectivity index (χ1n) is 2.98. The van der Waals surface area contributed by atoms with Gasteiger partial charge >= 0.3 is 0 Å². The summed E-state index contributed by atoms with van der Waals surface area (Å²) >= 11 is 0. The van der Waals surface area contributed by atoms with Gasteiger partial charge in [-0.3, -0.25) is 0 Å². The average Bonchev–Trinajstić information content (AvgIpc) is 1.85. The molecule has 0 fully saturated rings. The van der Waals surface area contributed by atoms with Gasteiger partial charge < -0.3 is 0 Å². The molecule has 0 spiro atoms. The fourth-order valence-electron chi connectivity index (χ4n) is 0.799. The molecule has 0 bridgehead atoms. The van der Waals surface area contributed by atoms with Crippen LogP contribution in [0.1, 0.15) is 5.56 Å². The Bertz CT molecular complexity index is 302. The van der Waals surface area contributed by atoms with E-state index in [0.717, 1.165) is 12.1 Å². The number of rotatable bonds is 0. The summed E-state index contributed by atoms with van der Waals surface area (Å²) in [6.07, 6.45) is 0. The molecule has 1 nitrogen and oxygen atoms in total. The van der Waals surface area contributed by atoms with Crippen LogP contribution in [0.3, 0.4) is 0 Å². The van der Waals surface area contributed by atoms with Crippen molar-refractivity contribution in [1.82, 2.24) is 0 Å². The van der Waals surface area contributed by atoms with Gasteiger partial charge in [0.15, 0.2) is 0 Å². The highest BCUT2D eigenvalue weighted by molar-refractivity contribution is 5.48. The minimum absolute atomic E-state index is 0.479. The Morgan fingerprint density at radius 3 is 2.09 bits per heavy atom. The second kappa shape index (κ2) is 2.67. The van der Waals surface area contributed by atoms with Crippen LogP contribution in [0.2, 0.25) is 0 Å². The van der Waals surface area contributed by atoms with E-state index < -0.39 is 17.3 Å². The zero-order valence-electron chi connectivity index (χ0n) is 5.86. The quantitative estimate of drug-likeness (QED) is 0.505. The molecule has 0 aliphatic rings. The maximum atomic E-state index is 12.7. The number of halogens is 2. The molecule has 1 aromatic rings. The fourth-order valence-corrected chi connectivity index (χ4v) is 0.799. The lowest BCUT2D eigenvalue weighted by Crippen LogP contribution is -1.83. The van der Waals surface area contributed by atoms with Crippen LogP contribution in [0.5, 0.6) is 0 Å². The minimum Gasteiger partial charge on any atom is -0.232 e. The average molecular weight is 153 g/mol. The van der Waals surface area contributed by atoms with Crippen molar-refractivity contribution < 1.29 is 8.78 Å². The summed E-state index contributed by atoms with van der Waals surface area (Å²) in [5.74, 6) is -1.59. The third-order valence-electron chi connectivity index (χ3n) is 1.27. The van der Waals surface area contributed by atoms with Crippen LogP contribution in [-0.4, -0.2) is 0 Å². The lowest BCUT2D eigenvalue weighted by atomic mass is 10.2. The van der Waals surface area contributed by atoms with E-state index >= 15 is 0 Å². The zero-order valence-corrected chi connectivity index (χ0v) is 5.86. The molecule has 3 heteroatoms. The summed E-state index contributed by atoms with van der Waals surface area (Å²) in [5.41, 5.74) is -0.0528. The number of aryl methyl sites for hydroxylation is 1. The van der Waals surface area contributed by atoms with E-state index in [9.17, 15) is 8.78 Å². The fraction of sp³-hybridized carbons (Fsp3) is 0.125. The second-order valence-electron chi connectivity index (χ2n) is 2.19. The van der Waals surface area contributed by atoms with E-state index in [4.69, 9.17) is 6.57 Å². The van der Waals surface area contributed by atoms with E-state index in [1.54, 1.807) is 6.92 Å². The summed E-state index contributed by atoms with van der Waals surface area (Å²) in [7, 11) is 0. The Morgan fingerprint density at radius 2 is 1.73 bits per heavy atom. The van der Waals surface area contributed by atoms with Gasteiger partial charge in [0.1, 0.15) is 11.6 Å². The SMILES string of the molecule is [C-]#[N+]c1c(F)cc(C)cc1F. The van der Waals surface area contributed by atoms with Gasteiger partial charge in [0.25, 0.3) is 5.69 Å². The van der Waals surface area contributed by atoms with Gasteiger partial charge in [-0.1, -0.05) is 0 Å². The molecule has 56 valence electrons. The smallest absolute Gasteiger partial charge is 0.232 e. The molecule has 0 aromatic heterocycles. The van der Waals surface area contributed by atoms with Gasteiger partial charge in [-0.05, 0) is 24.6 Å². The van der Waals surface area contributed by atoms with E-state index in [-0.39, 0.29) is 0 Å². The molecule has 1 aromatic carbocycles. The van der Waals surface area contributed by atoms with Crippen molar-refractivity contribution in [2.75, 3.05) is 0 Å². The second-order valence-corrected chi connectivity index (χ2v) is 2.19. The first kappa shape index (κ1) is 7.67. The molecule has 0 unspecified atom stereocenters. The molecule has 0 saturated carbocycles. The standard InChI is InChI=1S/C8H5F2N/c1-5-3-6(9)8(11-2)7(10)4-5/h3-4H,1H3. The van der Waals surface area contributed by atoms with Gasteiger partial charge in [0.05, 0.1) is 6.57 Å². The van der Waals surface area contributed by atoms with Gasteiger partial charge in [-0.25, -0.2) is 13.6 Å². The van der Waals surface area contributed by atoms with Crippen molar-refractivity contribution >= 4 is 5.69 Å². The van der Waals surface area contributed by atoms with Crippen LogP contribution < -0.4 is 0 Å². The summed E-state index contributed by atoms with van der Waals surface area (Å²) in [6.45, 7) is 8.01. The van der Waals surface area contributed by atoms with E-state index in [0.29, 0.717) is 5.56 Å². The van der Waals surface area contributed by atoms with E-state index in [1.165, 1.54) is 0 Å².